The van der Waals surface area contributed by atoms with Crippen LogP contribution in [-0.4, -0.2) is 53.0 Å². The number of aromatic nitrogens is 2. The number of amides is 1. The Balaban J connectivity index is 0.000000275. The van der Waals surface area contributed by atoms with E-state index in [1.54, 1.807) is 12.1 Å². The average Bonchev–Trinajstić information content (AvgIpc) is 3.19. The van der Waals surface area contributed by atoms with Crippen molar-refractivity contribution < 1.29 is 27.5 Å². The lowest BCUT2D eigenvalue weighted by Crippen LogP contribution is -2.39. The highest BCUT2D eigenvalue weighted by molar-refractivity contribution is 5.77. The standard InChI is InChI=1S/C16H24N4O2.C12H15F3.CH2O/c1-4-14(21)20-10-13-12(16(20,2)3)9-17-15(19-13)18-11-5-7-22-8-6-11;1-3-10-4-6-11(7-5-10)8-9(2)12(13,14)15;1-2/h9,11H,4-8,10H2,1-3H3,(H,17,18,19);4-7,9H,3,8H2,1-2H3;1H2. The van der Waals surface area contributed by atoms with Crippen molar-refractivity contribution in [2.24, 2.45) is 5.92 Å². The summed E-state index contributed by atoms with van der Waals surface area (Å²) >= 11 is 0. The van der Waals surface area contributed by atoms with Gasteiger partial charge in [0.1, 0.15) is 6.79 Å². The average molecular weight is 551 g/mol. The van der Waals surface area contributed by atoms with Gasteiger partial charge >= 0.3 is 6.18 Å². The first-order valence-corrected chi connectivity index (χ1v) is 13.4. The van der Waals surface area contributed by atoms with Crippen LogP contribution in [0.5, 0.6) is 0 Å². The summed E-state index contributed by atoms with van der Waals surface area (Å²) < 4.78 is 42.2. The number of ether oxygens (including phenoxy) is 1. The Bertz CT molecular complexity index is 1050. The molecule has 1 fully saturated rings. The number of hydrogen-bond donors (Lipinski definition) is 1. The number of alkyl halides is 3. The van der Waals surface area contributed by atoms with Crippen molar-refractivity contribution >= 4 is 18.6 Å². The molecule has 0 bridgehead atoms. The predicted octanol–water partition coefficient (Wildman–Crippen LogP) is 5.86. The Morgan fingerprint density at radius 2 is 1.74 bits per heavy atom. The molecule has 2 aliphatic heterocycles. The van der Waals surface area contributed by atoms with E-state index in [2.05, 4.69) is 29.1 Å². The van der Waals surface area contributed by atoms with Gasteiger partial charge in [0.15, 0.2) is 0 Å². The third-order valence-corrected chi connectivity index (χ3v) is 7.20. The second kappa shape index (κ2) is 14.4. The summed E-state index contributed by atoms with van der Waals surface area (Å²) in [6.07, 6.45) is 1.22. The Hall–Kier alpha value is -3.01. The van der Waals surface area contributed by atoms with Gasteiger partial charge in [-0.2, -0.15) is 13.2 Å². The first kappa shape index (κ1) is 32.2. The van der Waals surface area contributed by atoms with Crippen LogP contribution in [0, 0.1) is 5.92 Å². The lowest BCUT2D eigenvalue weighted by Gasteiger charge is -2.31. The Morgan fingerprint density at radius 3 is 2.28 bits per heavy atom. The van der Waals surface area contributed by atoms with Crippen LogP contribution in [0.1, 0.15) is 76.3 Å². The van der Waals surface area contributed by atoms with Crippen LogP contribution in [-0.2, 0) is 39.3 Å². The molecule has 7 nitrogen and oxygen atoms in total. The minimum Gasteiger partial charge on any atom is -0.381 e. The highest BCUT2D eigenvalue weighted by Gasteiger charge is 2.41. The molecule has 4 rings (SSSR count). The van der Waals surface area contributed by atoms with Gasteiger partial charge in [0.25, 0.3) is 0 Å². The van der Waals surface area contributed by atoms with Crippen molar-refractivity contribution in [3.63, 3.8) is 0 Å². The van der Waals surface area contributed by atoms with Crippen molar-refractivity contribution in [2.75, 3.05) is 18.5 Å². The summed E-state index contributed by atoms with van der Waals surface area (Å²) in [5.41, 5.74) is 3.57. The van der Waals surface area contributed by atoms with Gasteiger partial charge in [-0.3, -0.25) is 4.79 Å². The largest absolute Gasteiger partial charge is 0.391 e. The smallest absolute Gasteiger partial charge is 0.381 e. The van der Waals surface area contributed by atoms with Gasteiger partial charge in [0.2, 0.25) is 11.9 Å². The minimum atomic E-state index is -4.09. The van der Waals surface area contributed by atoms with Crippen LogP contribution in [0.15, 0.2) is 30.5 Å². The molecule has 1 saturated heterocycles. The summed E-state index contributed by atoms with van der Waals surface area (Å²) in [4.78, 5) is 31.2. The zero-order chi connectivity index (χ0) is 29.2. The number of carbonyl (C=O) groups is 2. The lowest BCUT2D eigenvalue weighted by molar-refractivity contribution is -0.169. The number of hydrogen-bond acceptors (Lipinski definition) is 6. The summed E-state index contributed by atoms with van der Waals surface area (Å²) in [6, 6.07) is 7.70. The fraction of sp³-hybridized carbons (Fsp3) is 0.586. The van der Waals surface area contributed by atoms with Crippen LogP contribution >= 0.6 is 0 Å². The molecule has 1 aromatic carbocycles. The van der Waals surface area contributed by atoms with E-state index in [1.165, 1.54) is 6.92 Å². The third-order valence-electron chi connectivity index (χ3n) is 7.20. The molecule has 1 atom stereocenters. The molecule has 0 aliphatic carbocycles. The number of rotatable bonds is 6. The molecule has 3 heterocycles. The van der Waals surface area contributed by atoms with E-state index in [4.69, 9.17) is 9.53 Å². The van der Waals surface area contributed by atoms with E-state index in [0.29, 0.717) is 25.0 Å². The van der Waals surface area contributed by atoms with Crippen molar-refractivity contribution in [1.29, 1.82) is 0 Å². The van der Waals surface area contributed by atoms with Gasteiger partial charge in [-0.15, -0.1) is 0 Å². The number of halogens is 3. The van der Waals surface area contributed by atoms with Crippen LogP contribution < -0.4 is 5.32 Å². The molecule has 216 valence electrons. The van der Waals surface area contributed by atoms with Crippen LogP contribution in [0.3, 0.4) is 0 Å². The number of nitrogens with zero attached hydrogens (tertiary/aromatic N) is 3. The number of benzene rings is 1. The lowest BCUT2D eigenvalue weighted by atomic mass is 9.97. The molecule has 1 aromatic heterocycles. The second-order valence-electron chi connectivity index (χ2n) is 10.3. The molecule has 0 saturated carbocycles. The highest BCUT2D eigenvalue weighted by atomic mass is 19.4. The molecule has 2 aromatic rings. The molecule has 39 heavy (non-hydrogen) atoms. The van der Waals surface area contributed by atoms with E-state index in [-0.39, 0.29) is 17.9 Å². The number of fused-ring (bicyclic) bond motifs is 1. The van der Waals surface area contributed by atoms with E-state index in [1.807, 2.05) is 43.9 Å². The molecule has 10 heteroatoms. The molecule has 0 radical (unpaired) electrons. The summed E-state index contributed by atoms with van der Waals surface area (Å²) in [7, 11) is 0. The van der Waals surface area contributed by atoms with Gasteiger partial charge in [0, 0.05) is 37.4 Å². The number of anilines is 1. The molecule has 2 aliphatic rings. The fourth-order valence-electron chi connectivity index (χ4n) is 4.61. The monoisotopic (exact) mass is 550 g/mol. The zero-order valence-corrected chi connectivity index (χ0v) is 23.6. The summed E-state index contributed by atoms with van der Waals surface area (Å²) in [5.74, 6) is -0.459. The van der Waals surface area contributed by atoms with Crippen LogP contribution in [0.4, 0.5) is 19.1 Å². The second-order valence-corrected chi connectivity index (χ2v) is 10.3. The Kier molecular flexibility index (Phi) is 11.9. The van der Waals surface area contributed by atoms with Gasteiger partial charge in [-0.1, -0.05) is 45.0 Å². The SMILES string of the molecule is C=O.CCC(=O)N1Cc2nc(NC3CCOCC3)ncc2C1(C)C.CCc1ccc(CC(C)C(F)(F)F)cc1. The van der Waals surface area contributed by atoms with Crippen molar-refractivity contribution in [3.8, 4) is 0 Å². The van der Waals surface area contributed by atoms with Gasteiger partial charge < -0.3 is 19.7 Å². The van der Waals surface area contributed by atoms with E-state index >= 15 is 0 Å². The Morgan fingerprint density at radius 1 is 1.15 bits per heavy atom. The molecular weight excluding hydrogens is 509 g/mol. The first-order valence-electron chi connectivity index (χ1n) is 13.4. The zero-order valence-electron chi connectivity index (χ0n) is 23.6. The first-order chi connectivity index (χ1) is 18.5. The molecule has 1 unspecified atom stereocenters. The highest BCUT2D eigenvalue weighted by Crippen LogP contribution is 2.38. The maximum absolute atomic E-state index is 12.3. The third kappa shape index (κ3) is 8.74. The number of nitrogens with one attached hydrogen (secondary N) is 1. The van der Waals surface area contributed by atoms with E-state index in [0.717, 1.165) is 54.9 Å². The number of aryl methyl sites for hydroxylation is 1. The van der Waals surface area contributed by atoms with E-state index < -0.39 is 12.1 Å². The van der Waals surface area contributed by atoms with Crippen LogP contribution in [0.2, 0.25) is 0 Å². The Labute approximate surface area is 229 Å². The quantitative estimate of drug-likeness (QED) is 0.485. The van der Waals surface area contributed by atoms with Gasteiger partial charge in [0.05, 0.1) is 23.7 Å². The van der Waals surface area contributed by atoms with Gasteiger partial charge in [-0.05, 0) is 50.7 Å². The molecule has 1 N–H and O–H groups in total. The summed E-state index contributed by atoms with van der Waals surface area (Å²) in [5, 5.41) is 3.39. The predicted molar refractivity (Wildman–Crippen MR) is 145 cm³/mol. The van der Waals surface area contributed by atoms with Crippen molar-refractivity contribution in [2.45, 2.75) is 91.0 Å². The summed E-state index contributed by atoms with van der Waals surface area (Å²) in [6.45, 7) is 13.4. The topological polar surface area (TPSA) is 84.4 Å². The van der Waals surface area contributed by atoms with E-state index in [9.17, 15) is 18.0 Å². The minimum absolute atomic E-state index is 0.0630. The van der Waals surface area contributed by atoms with Crippen LogP contribution in [0.25, 0.3) is 0 Å². The maximum Gasteiger partial charge on any atom is 0.391 e. The number of carbonyl (C=O) groups excluding carboxylic acids is 2. The van der Waals surface area contributed by atoms with Gasteiger partial charge in [-0.25, -0.2) is 9.97 Å². The molecular formula is C29H41F3N4O3. The molecule has 1 amide bonds. The van der Waals surface area contributed by atoms with Crippen molar-refractivity contribution in [3.05, 3.63) is 52.8 Å². The fourth-order valence-corrected chi connectivity index (χ4v) is 4.61. The van der Waals surface area contributed by atoms with Crippen molar-refractivity contribution in [1.82, 2.24) is 14.9 Å². The molecule has 0 spiro atoms. The maximum atomic E-state index is 12.3. The normalized spacial score (nSPS) is 17.2.